The molecule has 0 aliphatic rings. The normalized spacial score (nSPS) is 10.1. The van der Waals surface area contributed by atoms with E-state index in [1.54, 1.807) is 0 Å². The second-order valence-electron chi connectivity index (χ2n) is 6.81. The first-order chi connectivity index (χ1) is 15.0. The molecule has 8 nitrogen and oxygen atoms in total. The molecule has 0 spiro atoms. The molecular formula is C23H27N3O5. The number of nitrogens with one attached hydrogen (secondary N) is 3. The summed E-state index contributed by atoms with van der Waals surface area (Å²) >= 11 is 0. The largest absolute Gasteiger partial charge is 0.465 e. The maximum atomic E-state index is 11.8. The third-order valence-electron chi connectivity index (χ3n) is 4.31. The first kappa shape index (κ1) is 23.6. The van der Waals surface area contributed by atoms with Gasteiger partial charge in [-0.25, -0.2) is 0 Å². The Morgan fingerprint density at radius 2 is 1.16 bits per heavy atom. The van der Waals surface area contributed by atoms with E-state index in [4.69, 9.17) is 4.74 Å². The highest BCUT2D eigenvalue weighted by Crippen LogP contribution is 2.01. The summed E-state index contributed by atoms with van der Waals surface area (Å²) in [4.78, 5) is 46.9. The lowest BCUT2D eigenvalue weighted by Gasteiger charge is -2.08. The highest BCUT2D eigenvalue weighted by atomic mass is 16.5. The van der Waals surface area contributed by atoms with E-state index in [9.17, 15) is 19.2 Å². The number of carbonyl (C=O) groups is 4. The zero-order valence-corrected chi connectivity index (χ0v) is 17.3. The Morgan fingerprint density at radius 3 is 1.77 bits per heavy atom. The lowest BCUT2D eigenvalue weighted by molar-refractivity contribution is -0.145. The van der Waals surface area contributed by atoms with Gasteiger partial charge in [0.05, 0.1) is 13.0 Å². The van der Waals surface area contributed by atoms with Crippen LogP contribution in [0.2, 0.25) is 0 Å². The Balaban J connectivity index is 1.50. The van der Waals surface area contributed by atoms with Crippen molar-refractivity contribution in [2.24, 2.45) is 0 Å². The number of benzene rings is 2. The van der Waals surface area contributed by atoms with Crippen molar-refractivity contribution in [3.63, 3.8) is 0 Å². The third-order valence-corrected chi connectivity index (χ3v) is 4.31. The van der Waals surface area contributed by atoms with Crippen LogP contribution in [-0.4, -0.2) is 30.3 Å². The van der Waals surface area contributed by atoms with Crippen LogP contribution in [0.4, 0.5) is 0 Å². The Morgan fingerprint density at radius 1 is 0.645 bits per heavy atom. The molecule has 3 N–H and O–H groups in total. The monoisotopic (exact) mass is 425 g/mol. The summed E-state index contributed by atoms with van der Waals surface area (Å²) in [5, 5.41) is 2.72. The minimum atomic E-state index is -0.512. The summed E-state index contributed by atoms with van der Waals surface area (Å²) in [6, 6.07) is 19.0. The predicted octanol–water partition coefficient (Wildman–Crippen LogP) is 1.80. The molecule has 2 aromatic rings. The lowest BCUT2D eigenvalue weighted by Crippen LogP contribution is -2.42. The number of hydrogen-bond donors (Lipinski definition) is 3. The summed E-state index contributed by atoms with van der Waals surface area (Å²) in [6.07, 6.45) is 0.346. The second kappa shape index (κ2) is 13.5. The molecule has 0 heterocycles. The molecule has 0 saturated heterocycles. The van der Waals surface area contributed by atoms with Crippen LogP contribution >= 0.6 is 0 Å². The van der Waals surface area contributed by atoms with Crippen LogP contribution in [0.25, 0.3) is 0 Å². The van der Waals surface area contributed by atoms with E-state index >= 15 is 0 Å². The van der Waals surface area contributed by atoms with Gasteiger partial charge in [0, 0.05) is 32.2 Å². The van der Waals surface area contributed by atoms with E-state index in [0.717, 1.165) is 11.1 Å². The number of hydrogen-bond acceptors (Lipinski definition) is 5. The minimum absolute atomic E-state index is 0.00226. The van der Waals surface area contributed by atoms with Crippen molar-refractivity contribution in [3.8, 4) is 0 Å². The van der Waals surface area contributed by atoms with Crippen molar-refractivity contribution in [2.45, 2.75) is 38.6 Å². The van der Waals surface area contributed by atoms with Gasteiger partial charge in [0.2, 0.25) is 17.7 Å². The van der Waals surface area contributed by atoms with Gasteiger partial charge in [-0.05, 0) is 11.1 Å². The zero-order valence-electron chi connectivity index (χ0n) is 17.3. The standard InChI is InChI=1S/C23H27N3O5/c27-20(24-17-19-9-5-2-6-10-19)11-12-21(28)25-26-22(29)13-14-23(30)31-16-15-18-7-3-1-4-8-18/h1-10H,11-17H2,(H,24,27)(H,25,28)(H,26,29). The molecule has 0 fully saturated rings. The molecule has 0 saturated carbocycles. The van der Waals surface area contributed by atoms with Gasteiger partial charge >= 0.3 is 5.97 Å². The zero-order chi connectivity index (χ0) is 22.3. The molecule has 0 radical (unpaired) electrons. The maximum Gasteiger partial charge on any atom is 0.306 e. The van der Waals surface area contributed by atoms with Crippen molar-refractivity contribution in [1.29, 1.82) is 0 Å². The number of esters is 1. The average molecular weight is 425 g/mol. The second-order valence-corrected chi connectivity index (χ2v) is 6.81. The number of amides is 3. The molecule has 31 heavy (non-hydrogen) atoms. The Hall–Kier alpha value is -3.68. The van der Waals surface area contributed by atoms with E-state index in [1.165, 1.54) is 0 Å². The van der Waals surface area contributed by atoms with E-state index in [0.29, 0.717) is 13.0 Å². The SMILES string of the molecule is O=C(CCC(=O)NNC(=O)CCC(=O)OCCc1ccccc1)NCc1ccccc1. The van der Waals surface area contributed by atoms with Gasteiger partial charge in [-0.2, -0.15) is 0 Å². The predicted molar refractivity (Wildman–Crippen MR) is 114 cm³/mol. The molecule has 0 aliphatic carbocycles. The topological polar surface area (TPSA) is 114 Å². The van der Waals surface area contributed by atoms with E-state index in [2.05, 4.69) is 16.2 Å². The van der Waals surface area contributed by atoms with Gasteiger partial charge in [0.15, 0.2) is 0 Å². The maximum absolute atomic E-state index is 11.8. The summed E-state index contributed by atoms with van der Waals surface area (Å²) < 4.78 is 5.09. The summed E-state index contributed by atoms with van der Waals surface area (Å²) in [7, 11) is 0. The molecule has 0 aromatic heterocycles. The molecular weight excluding hydrogens is 398 g/mol. The van der Waals surface area contributed by atoms with Crippen LogP contribution < -0.4 is 16.2 Å². The van der Waals surface area contributed by atoms with E-state index in [-0.39, 0.29) is 38.2 Å². The first-order valence-electron chi connectivity index (χ1n) is 10.1. The number of carbonyl (C=O) groups excluding carboxylic acids is 4. The quantitative estimate of drug-likeness (QED) is 0.375. The van der Waals surface area contributed by atoms with Crippen molar-refractivity contribution in [2.75, 3.05) is 6.61 Å². The van der Waals surface area contributed by atoms with Crippen molar-refractivity contribution in [1.82, 2.24) is 16.2 Å². The summed E-state index contributed by atoms with van der Waals surface area (Å²) in [5.74, 6) is -1.74. The Labute approximate surface area is 181 Å². The van der Waals surface area contributed by atoms with Gasteiger partial charge in [-0.1, -0.05) is 60.7 Å². The lowest BCUT2D eigenvalue weighted by atomic mass is 10.2. The van der Waals surface area contributed by atoms with Crippen molar-refractivity contribution in [3.05, 3.63) is 71.8 Å². The van der Waals surface area contributed by atoms with E-state index < -0.39 is 17.8 Å². The highest BCUT2D eigenvalue weighted by Gasteiger charge is 2.10. The number of hydrazine groups is 1. The van der Waals surface area contributed by atoms with Gasteiger partial charge in [0.1, 0.15) is 0 Å². The Bertz CT molecular complexity index is 856. The highest BCUT2D eigenvalue weighted by molar-refractivity contribution is 5.86. The van der Waals surface area contributed by atoms with Crippen LogP contribution in [0.5, 0.6) is 0 Å². The smallest absolute Gasteiger partial charge is 0.306 e. The fraction of sp³-hybridized carbons (Fsp3) is 0.304. The molecule has 2 rings (SSSR count). The average Bonchev–Trinajstić information content (AvgIpc) is 2.80. The van der Waals surface area contributed by atoms with Crippen LogP contribution in [-0.2, 0) is 36.9 Å². The number of rotatable bonds is 11. The summed E-state index contributed by atoms with van der Waals surface area (Å²) in [6.45, 7) is 0.632. The molecule has 0 aliphatic heterocycles. The van der Waals surface area contributed by atoms with Gasteiger partial charge < -0.3 is 10.1 Å². The van der Waals surface area contributed by atoms with E-state index in [1.807, 2.05) is 60.7 Å². The molecule has 2 aromatic carbocycles. The molecule has 0 atom stereocenters. The van der Waals surface area contributed by atoms with Gasteiger partial charge in [0.25, 0.3) is 0 Å². The van der Waals surface area contributed by atoms with Crippen LogP contribution in [0.1, 0.15) is 36.8 Å². The fourth-order valence-electron chi connectivity index (χ4n) is 2.59. The first-order valence-corrected chi connectivity index (χ1v) is 10.1. The van der Waals surface area contributed by atoms with Crippen molar-refractivity contribution >= 4 is 23.7 Å². The summed E-state index contributed by atoms with van der Waals surface area (Å²) in [5.41, 5.74) is 6.48. The molecule has 0 unspecified atom stereocenters. The van der Waals surface area contributed by atoms with Crippen molar-refractivity contribution < 1.29 is 23.9 Å². The van der Waals surface area contributed by atoms with Crippen LogP contribution in [0.15, 0.2) is 60.7 Å². The minimum Gasteiger partial charge on any atom is -0.465 e. The van der Waals surface area contributed by atoms with Crippen LogP contribution in [0, 0.1) is 0 Å². The molecule has 164 valence electrons. The molecule has 3 amide bonds. The molecule has 0 bridgehead atoms. The van der Waals surface area contributed by atoms with Gasteiger partial charge in [-0.15, -0.1) is 0 Å². The molecule has 8 heteroatoms. The third kappa shape index (κ3) is 10.6. The fourth-order valence-corrected chi connectivity index (χ4v) is 2.59. The Kier molecular flexibility index (Phi) is 10.3. The van der Waals surface area contributed by atoms with Gasteiger partial charge in [-0.3, -0.25) is 30.0 Å². The van der Waals surface area contributed by atoms with Crippen LogP contribution in [0.3, 0.4) is 0 Å². The number of ether oxygens (including phenoxy) is 1.